The first-order chi connectivity index (χ1) is 7.83. The molecule has 0 aliphatic carbocycles. The van der Waals surface area contributed by atoms with Crippen LogP contribution in [-0.4, -0.2) is 12.2 Å². The summed E-state index contributed by atoms with van der Waals surface area (Å²) in [6.07, 6.45) is 0. The molecule has 1 aromatic rings. The van der Waals surface area contributed by atoms with Crippen molar-refractivity contribution < 1.29 is 13.5 Å². The summed E-state index contributed by atoms with van der Waals surface area (Å²) in [7, 11) is 0. The minimum Gasteiger partial charge on any atom is -0.374 e. The molecule has 0 spiro atoms. The highest BCUT2D eigenvalue weighted by molar-refractivity contribution is 5.21. The van der Waals surface area contributed by atoms with E-state index in [9.17, 15) is 8.78 Å². The van der Waals surface area contributed by atoms with Gasteiger partial charge in [0.25, 0.3) is 0 Å². The number of nitrogens with two attached hydrogens (primary N) is 1. The van der Waals surface area contributed by atoms with Gasteiger partial charge in [-0.2, -0.15) is 0 Å². The first kappa shape index (κ1) is 14.0. The lowest BCUT2D eigenvalue weighted by Gasteiger charge is -2.24. The second-order valence-electron chi connectivity index (χ2n) is 4.82. The highest BCUT2D eigenvalue weighted by Gasteiger charge is 2.17. The number of hydrogen-bond acceptors (Lipinski definition) is 3. The van der Waals surface area contributed by atoms with Crippen molar-refractivity contribution in [1.82, 2.24) is 5.43 Å². The smallest absolute Gasteiger partial charge is 0.159 e. The Morgan fingerprint density at radius 3 is 2.41 bits per heavy atom. The van der Waals surface area contributed by atoms with Crippen LogP contribution in [0.3, 0.4) is 0 Å². The standard InChI is InChI=1S/C12H18F2N2O/c1-12(2,3)17-7-11(16-15)8-4-5-9(13)10(14)6-8/h4-6,11,16H,7,15H2,1-3H3. The number of rotatable bonds is 4. The van der Waals surface area contributed by atoms with Crippen molar-refractivity contribution in [2.24, 2.45) is 5.84 Å². The monoisotopic (exact) mass is 244 g/mol. The van der Waals surface area contributed by atoms with Crippen molar-refractivity contribution in [3.8, 4) is 0 Å². The van der Waals surface area contributed by atoms with Crippen molar-refractivity contribution in [2.45, 2.75) is 32.4 Å². The zero-order chi connectivity index (χ0) is 13.1. The topological polar surface area (TPSA) is 47.3 Å². The van der Waals surface area contributed by atoms with Crippen molar-refractivity contribution in [2.75, 3.05) is 6.61 Å². The summed E-state index contributed by atoms with van der Waals surface area (Å²) in [6, 6.07) is 3.30. The minimum atomic E-state index is -0.890. The number of hydrogen-bond donors (Lipinski definition) is 2. The van der Waals surface area contributed by atoms with Crippen LogP contribution in [0.25, 0.3) is 0 Å². The molecule has 1 unspecified atom stereocenters. The number of nitrogens with one attached hydrogen (secondary N) is 1. The van der Waals surface area contributed by atoms with E-state index in [2.05, 4.69) is 5.43 Å². The van der Waals surface area contributed by atoms with E-state index in [-0.39, 0.29) is 18.2 Å². The predicted molar refractivity (Wildman–Crippen MR) is 62.1 cm³/mol. The van der Waals surface area contributed by atoms with Gasteiger partial charge in [0.15, 0.2) is 11.6 Å². The fourth-order valence-corrected chi connectivity index (χ4v) is 1.30. The molecule has 0 aliphatic rings. The van der Waals surface area contributed by atoms with Crippen LogP contribution in [0, 0.1) is 11.6 Å². The lowest BCUT2D eigenvalue weighted by atomic mass is 10.1. The fraction of sp³-hybridized carbons (Fsp3) is 0.500. The molecular weight excluding hydrogens is 226 g/mol. The Balaban J connectivity index is 2.76. The van der Waals surface area contributed by atoms with Crippen LogP contribution in [-0.2, 0) is 4.74 Å². The maximum Gasteiger partial charge on any atom is 0.159 e. The maximum atomic E-state index is 13.1. The summed E-state index contributed by atoms with van der Waals surface area (Å²) in [4.78, 5) is 0. The SMILES string of the molecule is CC(C)(C)OCC(NN)c1ccc(F)c(F)c1. The van der Waals surface area contributed by atoms with Crippen LogP contribution < -0.4 is 11.3 Å². The van der Waals surface area contributed by atoms with Crippen LogP contribution in [0.4, 0.5) is 8.78 Å². The van der Waals surface area contributed by atoms with Crippen LogP contribution >= 0.6 is 0 Å². The van der Waals surface area contributed by atoms with Crippen molar-refractivity contribution in [3.05, 3.63) is 35.4 Å². The molecule has 96 valence electrons. The van der Waals surface area contributed by atoms with Gasteiger partial charge in [0.2, 0.25) is 0 Å². The van der Waals surface area contributed by atoms with Gasteiger partial charge in [-0.15, -0.1) is 0 Å². The summed E-state index contributed by atoms with van der Waals surface area (Å²) in [5.41, 5.74) is 2.76. The largest absolute Gasteiger partial charge is 0.374 e. The van der Waals surface area contributed by atoms with E-state index < -0.39 is 11.6 Å². The number of halogens is 2. The zero-order valence-corrected chi connectivity index (χ0v) is 10.3. The van der Waals surface area contributed by atoms with Crippen LogP contribution in [0.5, 0.6) is 0 Å². The molecule has 1 aromatic carbocycles. The van der Waals surface area contributed by atoms with Gasteiger partial charge in [-0.25, -0.2) is 8.78 Å². The fourth-order valence-electron chi connectivity index (χ4n) is 1.30. The van der Waals surface area contributed by atoms with Crippen LogP contribution in [0.2, 0.25) is 0 Å². The van der Waals surface area contributed by atoms with Gasteiger partial charge in [0, 0.05) is 0 Å². The Morgan fingerprint density at radius 1 is 1.29 bits per heavy atom. The molecule has 17 heavy (non-hydrogen) atoms. The second-order valence-corrected chi connectivity index (χ2v) is 4.82. The van der Waals surface area contributed by atoms with Gasteiger partial charge in [-0.05, 0) is 38.5 Å². The van der Waals surface area contributed by atoms with Gasteiger partial charge in [-0.1, -0.05) is 6.07 Å². The summed E-state index contributed by atoms with van der Waals surface area (Å²) < 4.78 is 31.4. The van der Waals surface area contributed by atoms with E-state index in [1.54, 1.807) is 0 Å². The Bertz CT molecular complexity index is 377. The lowest BCUT2D eigenvalue weighted by Crippen LogP contribution is -2.34. The molecule has 3 N–H and O–H groups in total. The molecule has 1 atom stereocenters. The Labute approximate surface area is 99.9 Å². The highest BCUT2D eigenvalue weighted by Crippen LogP contribution is 2.18. The van der Waals surface area contributed by atoms with Gasteiger partial charge in [-0.3, -0.25) is 11.3 Å². The third-order valence-corrected chi connectivity index (χ3v) is 2.23. The van der Waals surface area contributed by atoms with Crippen LogP contribution in [0.15, 0.2) is 18.2 Å². The van der Waals surface area contributed by atoms with Gasteiger partial charge >= 0.3 is 0 Å². The molecule has 0 bridgehead atoms. The summed E-state index contributed by atoms with van der Waals surface area (Å²) in [5, 5.41) is 0. The lowest BCUT2D eigenvalue weighted by molar-refractivity contribution is -0.0148. The molecule has 0 amide bonds. The molecule has 0 fully saturated rings. The first-order valence-electron chi connectivity index (χ1n) is 5.38. The number of ether oxygens (including phenoxy) is 1. The molecular formula is C12H18F2N2O. The number of benzene rings is 1. The minimum absolute atomic E-state index is 0.283. The van der Waals surface area contributed by atoms with Crippen LogP contribution in [0.1, 0.15) is 32.4 Å². The second kappa shape index (κ2) is 5.53. The average Bonchev–Trinajstić information content (AvgIpc) is 2.22. The normalized spacial score (nSPS) is 13.8. The van der Waals surface area contributed by atoms with E-state index in [0.717, 1.165) is 12.1 Å². The molecule has 0 saturated carbocycles. The maximum absolute atomic E-state index is 13.1. The Kier molecular flexibility index (Phi) is 4.56. The van der Waals surface area contributed by atoms with Crippen molar-refractivity contribution >= 4 is 0 Å². The summed E-state index contributed by atoms with van der Waals surface area (Å²) >= 11 is 0. The van der Waals surface area contributed by atoms with Gasteiger partial charge in [0.1, 0.15) is 0 Å². The van der Waals surface area contributed by atoms with E-state index in [1.807, 2.05) is 20.8 Å². The van der Waals surface area contributed by atoms with E-state index in [0.29, 0.717) is 5.56 Å². The highest BCUT2D eigenvalue weighted by atomic mass is 19.2. The molecule has 0 aliphatic heterocycles. The zero-order valence-electron chi connectivity index (χ0n) is 10.3. The van der Waals surface area contributed by atoms with E-state index in [1.165, 1.54) is 6.07 Å². The van der Waals surface area contributed by atoms with Crippen molar-refractivity contribution in [1.29, 1.82) is 0 Å². The third-order valence-electron chi connectivity index (χ3n) is 2.23. The molecule has 0 heterocycles. The van der Waals surface area contributed by atoms with E-state index >= 15 is 0 Å². The summed E-state index contributed by atoms with van der Waals surface area (Å²) in [5.74, 6) is 3.61. The molecule has 0 saturated heterocycles. The molecule has 0 aromatic heterocycles. The Morgan fingerprint density at radius 2 is 1.94 bits per heavy atom. The molecule has 5 heteroatoms. The Hall–Kier alpha value is -1.04. The van der Waals surface area contributed by atoms with Gasteiger partial charge < -0.3 is 4.74 Å². The molecule has 3 nitrogen and oxygen atoms in total. The van der Waals surface area contributed by atoms with Crippen molar-refractivity contribution in [3.63, 3.8) is 0 Å². The molecule has 0 radical (unpaired) electrons. The number of hydrazine groups is 1. The van der Waals surface area contributed by atoms with E-state index in [4.69, 9.17) is 10.6 Å². The average molecular weight is 244 g/mol. The molecule has 1 rings (SSSR count). The summed E-state index contributed by atoms with van der Waals surface area (Å²) in [6.45, 7) is 6.01. The third kappa shape index (κ3) is 4.38. The first-order valence-corrected chi connectivity index (χ1v) is 5.38. The van der Waals surface area contributed by atoms with Gasteiger partial charge in [0.05, 0.1) is 18.2 Å². The quantitative estimate of drug-likeness (QED) is 0.631. The predicted octanol–water partition coefficient (Wildman–Crippen LogP) is 2.28.